The van der Waals surface area contributed by atoms with E-state index in [4.69, 9.17) is 39.7 Å². The number of rotatable bonds is 11. The molecule has 41 heavy (non-hydrogen) atoms. The number of carbonyl (C=O) groups excluding carboxylic acids is 2. The predicted molar refractivity (Wildman–Crippen MR) is 173 cm³/mol. The molecule has 0 radical (unpaired) electrons. The highest BCUT2D eigenvalue weighted by Crippen LogP contribution is 2.31. The molecule has 0 saturated heterocycles. The number of amides is 2. The molecule has 3 rings (SSSR count). The number of nitrogens with one attached hydrogen (secondary N) is 2. The topological polar surface area (TPSA) is 123 Å². The van der Waals surface area contributed by atoms with Gasteiger partial charge in [0.05, 0.1) is 26.2 Å². The van der Waals surface area contributed by atoms with Crippen LogP contribution in [-0.4, -0.2) is 37.2 Å². The summed E-state index contributed by atoms with van der Waals surface area (Å²) in [6.45, 7) is 8.35. The Labute approximate surface area is 258 Å². The molecule has 10 heteroatoms. The molecule has 1 fully saturated rings. The molecule has 222 valence electrons. The smallest absolute Gasteiger partial charge is 0.265 e. The normalized spacial score (nSPS) is 13.9. The Kier molecular flexibility index (Phi) is 15.6. The SMILES string of the molecule is CCC(=O)NC/C(C(=Nc1ccc(Cl)cc1Cl)c1ccc(C#CC2CCCC2)s1)=C(/N)C(N)=O.CCCCNCC. The molecular formula is C31H41Cl2N5O2S. The maximum Gasteiger partial charge on any atom is 0.265 e. The molecule has 7 nitrogen and oxygen atoms in total. The van der Waals surface area contributed by atoms with Crippen LogP contribution in [0.1, 0.15) is 75.5 Å². The minimum Gasteiger partial charge on any atom is -0.394 e. The van der Waals surface area contributed by atoms with Gasteiger partial charge in [-0.3, -0.25) is 9.59 Å². The van der Waals surface area contributed by atoms with Gasteiger partial charge in [0.1, 0.15) is 5.70 Å². The monoisotopic (exact) mass is 617 g/mol. The average Bonchev–Trinajstić information content (AvgIpc) is 3.65. The summed E-state index contributed by atoms with van der Waals surface area (Å²) in [5, 5.41) is 6.80. The van der Waals surface area contributed by atoms with Crippen LogP contribution < -0.4 is 22.1 Å². The Morgan fingerprint density at radius 2 is 1.83 bits per heavy atom. The van der Waals surface area contributed by atoms with E-state index in [2.05, 4.69) is 36.3 Å². The Balaban J connectivity index is 0.000000745. The Bertz CT molecular complexity index is 1280. The second kappa shape index (κ2) is 18.6. The van der Waals surface area contributed by atoms with Crippen molar-refractivity contribution in [1.29, 1.82) is 0 Å². The van der Waals surface area contributed by atoms with Gasteiger partial charge in [0.15, 0.2) is 0 Å². The average molecular weight is 619 g/mol. The van der Waals surface area contributed by atoms with Crippen molar-refractivity contribution in [1.82, 2.24) is 10.6 Å². The molecule has 1 saturated carbocycles. The molecule has 1 aromatic heterocycles. The number of aliphatic imine (C=N–C) groups is 1. The molecular weight excluding hydrogens is 577 g/mol. The number of nitrogens with two attached hydrogens (primary N) is 2. The van der Waals surface area contributed by atoms with E-state index in [1.807, 2.05) is 12.1 Å². The standard InChI is InChI=1S/C25H26Cl2N4O2S.C6H15N/c1-2-22(32)30-14-18(23(28)25(29)33)24(31-20-11-8-16(26)13-19(20)27)21-12-10-17(34-21)9-7-15-5-3-4-6-15;1-3-5-6-7-4-2/h8,10-13,15H,2-6,14,28H2,1H3,(H2,29,33)(H,30,32);7H,3-6H2,1-2H3/b23-18-,31-24?;. The van der Waals surface area contributed by atoms with Crippen LogP contribution in [0.15, 0.2) is 46.6 Å². The van der Waals surface area contributed by atoms with E-state index in [1.165, 1.54) is 43.6 Å². The zero-order valence-corrected chi connectivity index (χ0v) is 26.4. The number of nitrogens with zero attached hydrogens (tertiary/aromatic N) is 1. The summed E-state index contributed by atoms with van der Waals surface area (Å²) in [7, 11) is 0. The number of carbonyl (C=O) groups is 2. The summed E-state index contributed by atoms with van der Waals surface area (Å²) in [5.41, 5.74) is 12.5. The van der Waals surface area contributed by atoms with Crippen LogP contribution in [0.2, 0.25) is 10.0 Å². The molecule has 2 aromatic rings. The third-order valence-electron chi connectivity index (χ3n) is 6.35. The molecule has 1 aromatic carbocycles. The molecule has 0 bridgehead atoms. The highest BCUT2D eigenvalue weighted by atomic mass is 35.5. The van der Waals surface area contributed by atoms with E-state index in [1.54, 1.807) is 25.1 Å². The van der Waals surface area contributed by atoms with Gasteiger partial charge in [0.25, 0.3) is 5.91 Å². The first kappa shape index (κ1) is 34.4. The van der Waals surface area contributed by atoms with Crippen LogP contribution in [0.5, 0.6) is 0 Å². The number of benzene rings is 1. The van der Waals surface area contributed by atoms with Crippen LogP contribution in [-0.2, 0) is 9.59 Å². The van der Waals surface area contributed by atoms with Crippen LogP contribution in [0.25, 0.3) is 0 Å². The van der Waals surface area contributed by atoms with Gasteiger partial charge >= 0.3 is 0 Å². The lowest BCUT2D eigenvalue weighted by atomic mass is 10.1. The number of primary amides is 1. The fourth-order valence-electron chi connectivity index (χ4n) is 3.99. The van der Waals surface area contributed by atoms with Crippen molar-refractivity contribution in [2.45, 2.75) is 65.7 Å². The maximum atomic E-state index is 12.0. The number of hydrogen-bond donors (Lipinski definition) is 4. The van der Waals surface area contributed by atoms with Gasteiger partial charge in [-0.1, -0.05) is 75.1 Å². The first-order valence-electron chi connectivity index (χ1n) is 14.1. The van der Waals surface area contributed by atoms with Crippen LogP contribution in [0.3, 0.4) is 0 Å². The third kappa shape index (κ3) is 11.9. The second-order valence-corrected chi connectivity index (χ2v) is 11.5. The molecule has 0 atom stereocenters. The molecule has 2 amide bonds. The maximum absolute atomic E-state index is 12.0. The summed E-state index contributed by atoms with van der Waals surface area (Å²) in [5.74, 6) is 6.02. The summed E-state index contributed by atoms with van der Waals surface area (Å²) < 4.78 is 0. The van der Waals surface area contributed by atoms with Crippen molar-refractivity contribution in [3.63, 3.8) is 0 Å². The van der Waals surface area contributed by atoms with E-state index in [-0.39, 0.29) is 24.6 Å². The molecule has 0 spiro atoms. The lowest BCUT2D eigenvalue weighted by Crippen LogP contribution is -2.32. The first-order valence-corrected chi connectivity index (χ1v) is 15.7. The van der Waals surface area contributed by atoms with Gasteiger partial charge in [-0.05, 0) is 62.7 Å². The fraction of sp³-hybridized carbons (Fsp3) is 0.452. The quantitative estimate of drug-likeness (QED) is 0.102. The largest absolute Gasteiger partial charge is 0.394 e. The van der Waals surface area contributed by atoms with E-state index in [0.29, 0.717) is 37.8 Å². The van der Waals surface area contributed by atoms with Crippen molar-refractivity contribution >= 4 is 57.8 Å². The van der Waals surface area contributed by atoms with Crippen LogP contribution in [0, 0.1) is 17.8 Å². The molecule has 1 aliphatic carbocycles. The van der Waals surface area contributed by atoms with Crippen molar-refractivity contribution in [2.75, 3.05) is 19.6 Å². The third-order valence-corrected chi connectivity index (χ3v) is 7.90. The highest BCUT2D eigenvalue weighted by molar-refractivity contribution is 7.14. The lowest BCUT2D eigenvalue weighted by Gasteiger charge is -2.14. The van der Waals surface area contributed by atoms with Crippen LogP contribution in [0.4, 0.5) is 5.69 Å². The van der Waals surface area contributed by atoms with E-state index >= 15 is 0 Å². The fourth-order valence-corrected chi connectivity index (χ4v) is 5.32. The Morgan fingerprint density at radius 3 is 2.44 bits per heavy atom. The minimum atomic E-state index is -0.812. The number of unbranched alkanes of at least 4 members (excludes halogenated alkanes) is 1. The van der Waals surface area contributed by atoms with E-state index in [0.717, 1.165) is 24.3 Å². The zero-order chi connectivity index (χ0) is 30.2. The summed E-state index contributed by atoms with van der Waals surface area (Å²) in [4.78, 5) is 30.3. The molecule has 1 heterocycles. The molecule has 6 N–H and O–H groups in total. The van der Waals surface area contributed by atoms with E-state index in [9.17, 15) is 9.59 Å². The number of halogens is 2. The predicted octanol–water partition coefficient (Wildman–Crippen LogP) is 6.34. The van der Waals surface area contributed by atoms with E-state index < -0.39 is 5.91 Å². The van der Waals surface area contributed by atoms with Gasteiger partial charge in [0, 0.05) is 29.5 Å². The van der Waals surface area contributed by atoms with Gasteiger partial charge in [-0.25, -0.2) is 4.99 Å². The van der Waals surface area contributed by atoms with Gasteiger partial charge in [0.2, 0.25) is 5.91 Å². The second-order valence-electron chi connectivity index (χ2n) is 9.56. The highest BCUT2D eigenvalue weighted by Gasteiger charge is 2.20. The van der Waals surface area contributed by atoms with Crippen molar-refractivity contribution in [3.8, 4) is 11.8 Å². The van der Waals surface area contributed by atoms with Crippen molar-refractivity contribution in [2.24, 2.45) is 22.4 Å². The van der Waals surface area contributed by atoms with Gasteiger partial charge in [-0.2, -0.15) is 0 Å². The summed E-state index contributed by atoms with van der Waals surface area (Å²) in [6, 6.07) is 8.68. The summed E-state index contributed by atoms with van der Waals surface area (Å²) in [6.07, 6.45) is 7.59. The van der Waals surface area contributed by atoms with Gasteiger partial charge in [-0.15, -0.1) is 11.3 Å². The summed E-state index contributed by atoms with van der Waals surface area (Å²) >= 11 is 13.8. The Morgan fingerprint density at radius 1 is 1.10 bits per heavy atom. The van der Waals surface area contributed by atoms with Crippen molar-refractivity contribution in [3.05, 3.63) is 61.4 Å². The number of hydrogen-bond acceptors (Lipinski definition) is 6. The van der Waals surface area contributed by atoms with Gasteiger partial charge < -0.3 is 22.1 Å². The van der Waals surface area contributed by atoms with Crippen molar-refractivity contribution < 1.29 is 9.59 Å². The molecule has 0 aliphatic heterocycles. The zero-order valence-electron chi connectivity index (χ0n) is 24.1. The minimum absolute atomic E-state index is 0.0214. The lowest BCUT2D eigenvalue weighted by molar-refractivity contribution is -0.120. The van der Waals surface area contributed by atoms with Crippen LogP contribution >= 0.6 is 34.5 Å². The molecule has 1 aliphatic rings. The molecule has 0 unspecified atom stereocenters. The Hall–Kier alpha value is -2.83. The number of thiophene rings is 1. The first-order chi connectivity index (χ1) is 19.7.